The second kappa shape index (κ2) is 6.60. The van der Waals surface area contributed by atoms with E-state index < -0.39 is 12.1 Å². The summed E-state index contributed by atoms with van der Waals surface area (Å²) < 4.78 is 10.5. The molecule has 4 saturated carbocycles. The number of benzene rings is 1. The van der Waals surface area contributed by atoms with Crippen LogP contribution in [0.2, 0.25) is 0 Å². The summed E-state index contributed by atoms with van der Waals surface area (Å²) in [5.74, 6) is 2.19. The summed E-state index contributed by atoms with van der Waals surface area (Å²) >= 11 is 0. The second-order valence-corrected chi connectivity index (χ2v) is 8.47. The van der Waals surface area contributed by atoms with Gasteiger partial charge in [0.1, 0.15) is 5.75 Å². The molecule has 1 aromatic rings. The first-order chi connectivity index (χ1) is 12.5. The van der Waals surface area contributed by atoms with Crippen LogP contribution in [0.4, 0.5) is 0 Å². The Morgan fingerprint density at radius 1 is 1.12 bits per heavy atom. The summed E-state index contributed by atoms with van der Waals surface area (Å²) in [6.45, 7) is 1.65. The third kappa shape index (κ3) is 3.31. The molecule has 0 aliphatic heterocycles. The summed E-state index contributed by atoms with van der Waals surface area (Å²) in [4.78, 5) is 25.0. The van der Waals surface area contributed by atoms with Crippen molar-refractivity contribution in [1.82, 2.24) is 5.32 Å². The van der Waals surface area contributed by atoms with Gasteiger partial charge in [0.25, 0.3) is 5.91 Å². The third-order valence-corrected chi connectivity index (χ3v) is 6.39. The van der Waals surface area contributed by atoms with Gasteiger partial charge in [0.05, 0.1) is 12.7 Å². The molecule has 4 aliphatic rings. The van der Waals surface area contributed by atoms with Gasteiger partial charge in [-0.25, -0.2) is 4.79 Å². The number of methoxy groups -OCH3 is 1. The normalized spacial score (nSPS) is 32.8. The molecule has 0 heterocycles. The predicted octanol–water partition coefficient (Wildman–Crippen LogP) is 3.33. The lowest BCUT2D eigenvalue weighted by Gasteiger charge is -2.57. The van der Waals surface area contributed by atoms with Gasteiger partial charge in [-0.1, -0.05) is 6.07 Å². The molecule has 1 amide bonds. The Balaban J connectivity index is 1.38. The molecule has 140 valence electrons. The van der Waals surface area contributed by atoms with Crippen LogP contribution < -0.4 is 10.1 Å². The summed E-state index contributed by atoms with van der Waals surface area (Å²) in [6, 6.07) is 6.77. The first kappa shape index (κ1) is 17.4. The van der Waals surface area contributed by atoms with Crippen LogP contribution in [0, 0.1) is 17.8 Å². The maximum Gasteiger partial charge on any atom is 0.339 e. The van der Waals surface area contributed by atoms with E-state index in [1.807, 2.05) is 0 Å². The van der Waals surface area contributed by atoms with Crippen LogP contribution in [0.15, 0.2) is 24.3 Å². The monoisotopic (exact) mass is 357 g/mol. The number of ether oxygens (including phenoxy) is 2. The van der Waals surface area contributed by atoms with Crippen molar-refractivity contribution in [3.63, 3.8) is 0 Å². The largest absolute Gasteiger partial charge is 0.497 e. The van der Waals surface area contributed by atoms with Crippen LogP contribution in [0.25, 0.3) is 0 Å². The molecule has 4 aliphatic carbocycles. The van der Waals surface area contributed by atoms with Gasteiger partial charge < -0.3 is 14.8 Å². The first-order valence-corrected chi connectivity index (χ1v) is 9.63. The minimum absolute atomic E-state index is 0.0670. The van der Waals surface area contributed by atoms with Crippen molar-refractivity contribution in [2.75, 3.05) is 7.11 Å². The Hall–Kier alpha value is -2.04. The van der Waals surface area contributed by atoms with Gasteiger partial charge in [-0.3, -0.25) is 4.79 Å². The quantitative estimate of drug-likeness (QED) is 0.821. The average molecular weight is 357 g/mol. The number of nitrogens with one attached hydrogen (secondary N) is 1. The van der Waals surface area contributed by atoms with E-state index in [0.29, 0.717) is 11.3 Å². The van der Waals surface area contributed by atoms with Crippen molar-refractivity contribution >= 4 is 11.9 Å². The van der Waals surface area contributed by atoms with Crippen molar-refractivity contribution in [2.24, 2.45) is 17.8 Å². The number of hydrogen-bond donors (Lipinski definition) is 1. The fourth-order valence-corrected chi connectivity index (χ4v) is 5.66. The minimum Gasteiger partial charge on any atom is -0.497 e. The summed E-state index contributed by atoms with van der Waals surface area (Å²) in [7, 11) is 1.55. The average Bonchev–Trinajstić information content (AvgIpc) is 2.60. The highest BCUT2D eigenvalue weighted by Gasteiger charge is 2.51. The molecule has 26 heavy (non-hydrogen) atoms. The van der Waals surface area contributed by atoms with Crippen molar-refractivity contribution in [3.05, 3.63) is 29.8 Å². The SMILES string of the molecule is COc1cccc(C(=O)O[C@@H](C)C(=O)NC23CC4CC(CC(C4)C2)C3)c1. The summed E-state index contributed by atoms with van der Waals surface area (Å²) in [5.41, 5.74) is 0.321. The van der Waals surface area contributed by atoms with Gasteiger partial charge in [-0.05, 0) is 81.4 Å². The zero-order valence-corrected chi connectivity index (χ0v) is 15.5. The topological polar surface area (TPSA) is 64.6 Å². The molecule has 0 radical (unpaired) electrons. The van der Waals surface area contributed by atoms with Crippen LogP contribution in [0.1, 0.15) is 55.8 Å². The van der Waals surface area contributed by atoms with Crippen LogP contribution in [0.3, 0.4) is 0 Å². The van der Waals surface area contributed by atoms with E-state index >= 15 is 0 Å². The van der Waals surface area contributed by atoms with Gasteiger partial charge >= 0.3 is 5.97 Å². The molecule has 0 aromatic heterocycles. The van der Waals surface area contributed by atoms with E-state index in [-0.39, 0.29) is 11.4 Å². The van der Waals surface area contributed by atoms with E-state index in [9.17, 15) is 9.59 Å². The lowest BCUT2D eigenvalue weighted by molar-refractivity contribution is -0.134. The van der Waals surface area contributed by atoms with Gasteiger partial charge in [-0.2, -0.15) is 0 Å². The van der Waals surface area contributed by atoms with Crippen molar-refractivity contribution in [3.8, 4) is 5.75 Å². The molecule has 1 aromatic carbocycles. The van der Waals surface area contributed by atoms with E-state index in [0.717, 1.165) is 37.0 Å². The maximum atomic E-state index is 12.7. The third-order valence-electron chi connectivity index (χ3n) is 6.39. The number of amides is 1. The molecular weight excluding hydrogens is 330 g/mol. The molecule has 5 heteroatoms. The fraction of sp³-hybridized carbons (Fsp3) is 0.619. The highest BCUT2D eigenvalue weighted by Crippen LogP contribution is 2.55. The van der Waals surface area contributed by atoms with Crippen LogP contribution in [0.5, 0.6) is 5.75 Å². The minimum atomic E-state index is -0.804. The van der Waals surface area contributed by atoms with Gasteiger partial charge in [0.2, 0.25) is 0 Å². The predicted molar refractivity (Wildman–Crippen MR) is 96.9 cm³/mol. The fourth-order valence-electron chi connectivity index (χ4n) is 5.66. The van der Waals surface area contributed by atoms with Crippen molar-refractivity contribution in [2.45, 2.75) is 57.1 Å². The Morgan fingerprint density at radius 2 is 1.73 bits per heavy atom. The molecule has 4 bridgehead atoms. The smallest absolute Gasteiger partial charge is 0.339 e. The number of carbonyl (C=O) groups is 2. The van der Waals surface area contributed by atoms with Crippen LogP contribution >= 0.6 is 0 Å². The van der Waals surface area contributed by atoms with E-state index in [4.69, 9.17) is 9.47 Å². The van der Waals surface area contributed by atoms with E-state index in [1.54, 1.807) is 38.3 Å². The Morgan fingerprint density at radius 3 is 2.31 bits per heavy atom. The summed E-state index contributed by atoms with van der Waals surface area (Å²) in [5, 5.41) is 3.26. The lowest BCUT2D eigenvalue weighted by atomic mass is 9.53. The molecule has 0 spiro atoms. The first-order valence-electron chi connectivity index (χ1n) is 9.63. The van der Waals surface area contributed by atoms with E-state index in [2.05, 4.69) is 5.32 Å². The molecule has 0 saturated heterocycles. The second-order valence-electron chi connectivity index (χ2n) is 8.47. The molecular formula is C21H27NO4. The van der Waals surface area contributed by atoms with Crippen LogP contribution in [-0.2, 0) is 9.53 Å². The molecule has 5 rings (SSSR count). The van der Waals surface area contributed by atoms with Crippen LogP contribution in [-0.4, -0.2) is 30.6 Å². The highest BCUT2D eigenvalue weighted by atomic mass is 16.5. The molecule has 5 nitrogen and oxygen atoms in total. The highest BCUT2D eigenvalue weighted by molar-refractivity contribution is 5.92. The maximum absolute atomic E-state index is 12.7. The number of esters is 1. The standard InChI is InChI=1S/C21H27NO4/c1-13(26-20(24)17-4-3-5-18(9-17)25-2)19(23)22-21-10-14-6-15(11-21)8-16(7-14)12-21/h3-5,9,13-16H,6-8,10-12H2,1-2H3,(H,22,23)/t13-,14?,15?,16?,21?/m0/s1. The molecule has 4 fully saturated rings. The molecule has 1 N–H and O–H groups in total. The lowest BCUT2D eigenvalue weighted by Crippen LogP contribution is -2.61. The molecule has 1 atom stereocenters. The zero-order valence-electron chi connectivity index (χ0n) is 15.5. The van der Waals surface area contributed by atoms with Gasteiger partial charge in [-0.15, -0.1) is 0 Å². The Labute approximate surface area is 154 Å². The van der Waals surface area contributed by atoms with E-state index in [1.165, 1.54) is 19.3 Å². The van der Waals surface area contributed by atoms with Crippen molar-refractivity contribution < 1.29 is 19.1 Å². The zero-order chi connectivity index (χ0) is 18.3. The number of hydrogen-bond acceptors (Lipinski definition) is 4. The van der Waals surface area contributed by atoms with Crippen molar-refractivity contribution in [1.29, 1.82) is 0 Å². The van der Waals surface area contributed by atoms with Gasteiger partial charge in [0, 0.05) is 5.54 Å². The number of carbonyl (C=O) groups excluding carboxylic acids is 2. The Kier molecular flexibility index (Phi) is 4.41. The van der Waals surface area contributed by atoms with Gasteiger partial charge in [0.15, 0.2) is 6.10 Å². The Bertz CT molecular complexity index is 678. The molecule has 0 unspecified atom stereocenters. The number of rotatable bonds is 5. The summed E-state index contributed by atoms with van der Waals surface area (Å²) in [6.07, 6.45) is 6.44.